The molecule has 1 aromatic carbocycles. The van der Waals surface area contributed by atoms with Crippen LogP contribution in [-0.2, 0) is 13.1 Å². The van der Waals surface area contributed by atoms with Crippen LogP contribution in [0.3, 0.4) is 0 Å². The molecule has 1 aromatic rings. The van der Waals surface area contributed by atoms with Gasteiger partial charge in [-0.25, -0.2) is 9.38 Å². The second-order valence-corrected chi connectivity index (χ2v) is 8.44. The minimum Gasteiger partial charge on any atom is -0.357 e. The van der Waals surface area contributed by atoms with E-state index < -0.39 is 0 Å². The second kappa shape index (κ2) is 10.2. The van der Waals surface area contributed by atoms with Gasteiger partial charge in [-0.1, -0.05) is 6.07 Å². The molecule has 0 saturated carbocycles. The summed E-state index contributed by atoms with van der Waals surface area (Å²) in [5.74, 6) is 1.59. The lowest BCUT2D eigenvalue weighted by Gasteiger charge is -2.23. The maximum Gasteiger partial charge on any atom is 0.194 e. The topological polar surface area (TPSA) is 34.1 Å². The third-order valence-electron chi connectivity index (χ3n) is 5.64. The van der Waals surface area contributed by atoms with Gasteiger partial charge in [-0.15, -0.1) is 0 Å². The van der Waals surface area contributed by atoms with Gasteiger partial charge in [0.15, 0.2) is 5.96 Å². The lowest BCUT2D eigenvalue weighted by Crippen LogP contribution is -2.40. The predicted octanol–water partition coefficient (Wildman–Crippen LogP) is 2.77. The third kappa shape index (κ3) is 5.92. The molecule has 0 amide bonds. The van der Waals surface area contributed by atoms with E-state index in [1.54, 1.807) is 6.07 Å². The van der Waals surface area contributed by atoms with Gasteiger partial charge in [-0.2, -0.15) is 0 Å². The van der Waals surface area contributed by atoms with Crippen molar-refractivity contribution in [1.82, 2.24) is 20.0 Å². The molecule has 1 atom stereocenters. The van der Waals surface area contributed by atoms with E-state index in [0.717, 1.165) is 42.6 Å². The minimum atomic E-state index is -0.141. The molecule has 2 saturated heterocycles. The Balaban J connectivity index is 1.61. The average molecular weight is 390 g/mol. The number of benzene rings is 1. The molecular weight excluding hydrogens is 353 g/mol. The van der Waals surface area contributed by atoms with Crippen LogP contribution in [0.2, 0.25) is 0 Å². The Morgan fingerprint density at radius 1 is 1.25 bits per heavy atom. The molecule has 1 unspecified atom stereocenters. The highest BCUT2D eigenvalue weighted by Gasteiger charge is 2.27. The van der Waals surface area contributed by atoms with Crippen molar-refractivity contribution in [3.05, 3.63) is 35.1 Å². The van der Waals surface area contributed by atoms with Crippen LogP contribution in [0.15, 0.2) is 23.2 Å². The fraction of sp³-hybridized carbons (Fsp3) is 0.682. The monoisotopic (exact) mass is 389 g/mol. The molecule has 2 aliphatic rings. The molecule has 28 heavy (non-hydrogen) atoms. The highest BCUT2D eigenvalue weighted by molar-refractivity contribution is 5.80. The summed E-state index contributed by atoms with van der Waals surface area (Å²) in [4.78, 5) is 11.9. The molecule has 3 rings (SSSR count). The number of likely N-dealkylation sites (tertiary alicyclic amines) is 2. The van der Waals surface area contributed by atoms with Crippen LogP contribution in [0, 0.1) is 11.7 Å². The van der Waals surface area contributed by atoms with E-state index in [1.165, 1.54) is 38.9 Å². The van der Waals surface area contributed by atoms with Crippen molar-refractivity contribution in [2.45, 2.75) is 39.3 Å². The summed E-state index contributed by atoms with van der Waals surface area (Å²) >= 11 is 0. The molecule has 0 spiro atoms. The van der Waals surface area contributed by atoms with E-state index in [2.05, 4.69) is 22.0 Å². The normalized spacial score (nSPS) is 21.1. The number of hydrogen-bond donors (Lipinski definition) is 1. The molecule has 0 aliphatic carbocycles. The zero-order chi connectivity index (χ0) is 19.9. The van der Waals surface area contributed by atoms with Crippen molar-refractivity contribution < 1.29 is 4.39 Å². The molecule has 2 aliphatic heterocycles. The molecular formula is C22H36FN5. The molecule has 0 bridgehead atoms. The zero-order valence-corrected chi connectivity index (χ0v) is 17.8. The number of rotatable bonds is 7. The summed E-state index contributed by atoms with van der Waals surface area (Å²) in [6.45, 7) is 10.1. The van der Waals surface area contributed by atoms with Gasteiger partial charge in [0, 0.05) is 38.3 Å². The Labute approximate surface area is 169 Å². The van der Waals surface area contributed by atoms with Gasteiger partial charge >= 0.3 is 0 Å². The summed E-state index contributed by atoms with van der Waals surface area (Å²) < 4.78 is 14.0. The second-order valence-electron chi connectivity index (χ2n) is 8.44. The number of guanidine groups is 1. The fourth-order valence-electron chi connectivity index (χ4n) is 4.28. The number of hydrogen-bond acceptors (Lipinski definition) is 3. The van der Waals surface area contributed by atoms with E-state index in [-0.39, 0.29) is 5.82 Å². The fourth-order valence-corrected chi connectivity index (χ4v) is 4.28. The van der Waals surface area contributed by atoms with Gasteiger partial charge in [0.2, 0.25) is 0 Å². The van der Waals surface area contributed by atoms with E-state index in [0.29, 0.717) is 13.1 Å². The van der Waals surface area contributed by atoms with E-state index >= 15 is 0 Å². The molecule has 0 radical (unpaired) electrons. The first-order chi connectivity index (χ1) is 13.5. The van der Waals surface area contributed by atoms with E-state index in [4.69, 9.17) is 4.99 Å². The third-order valence-corrected chi connectivity index (χ3v) is 5.64. The maximum atomic E-state index is 14.0. The number of halogens is 1. The Bertz CT molecular complexity index is 654. The quantitative estimate of drug-likeness (QED) is 0.574. The van der Waals surface area contributed by atoms with Crippen LogP contribution in [0.1, 0.15) is 37.3 Å². The Hall–Kier alpha value is -1.66. The first-order valence-electron chi connectivity index (χ1n) is 10.7. The lowest BCUT2D eigenvalue weighted by atomic mass is 10.1. The summed E-state index contributed by atoms with van der Waals surface area (Å²) in [5, 5.41) is 3.45. The van der Waals surface area contributed by atoms with Crippen LogP contribution in [-0.4, -0.2) is 74.0 Å². The largest absolute Gasteiger partial charge is 0.357 e. The Morgan fingerprint density at radius 3 is 2.75 bits per heavy atom. The van der Waals surface area contributed by atoms with Crippen molar-refractivity contribution in [2.24, 2.45) is 10.9 Å². The van der Waals surface area contributed by atoms with Crippen molar-refractivity contribution in [1.29, 1.82) is 0 Å². The highest BCUT2D eigenvalue weighted by atomic mass is 19.1. The van der Waals surface area contributed by atoms with Gasteiger partial charge < -0.3 is 20.0 Å². The number of nitrogens with one attached hydrogen (secondary N) is 1. The predicted molar refractivity (Wildman–Crippen MR) is 114 cm³/mol. The van der Waals surface area contributed by atoms with Gasteiger partial charge in [0.25, 0.3) is 0 Å². The molecule has 2 fully saturated rings. The molecule has 6 heteroatoms. The summed E-state index contributed by atoms with van der Waals surface area (Å²) in [6.07, 6.45) is 3.95. The molecule has 0 aromatic heterocycles. The van der Waals surface area contributed by atoms with Crippen LogP contribution in [0.5, 0.6) is 0 Å². The Kier molecular flexibility index (Phi) is 7.68. The maximum absolute atomic E-state index is 14.0. The van der Waals surface area contributed by atoms with Gasteiger partial charge in [0.1, 0.15) is 5.82 Å². The standard InChI is InChI=1S/C22H36FN5/c1-4-24-22(28-12-9-19(16-28)15-27-10-5-6-11-27)25-14-18-7-8-21(23)20(13-18)17-26(2)3/h7-8,13,19H,4-6,9-12,14-17H2,1-3H3,(H,24,25). The number of nitrogens with zero attached hydrogens (tertiary/aromatic N) is 4. The number of aliphatic imine (C=N–C) groups is 1. The highest BCUT2D eigenvalue weighted by Crippen LogP contribution is 2.20. The summed E-state index contributed by atoms with van der Waals surface area (Å²) in [7, 11) is 3.92. The van der Waals surface area contributed by atoms with Gasteiger partial charge in [-0.3, -0.25) is 0 Å². The molecule has 5 nitrogen and oxygen atoms in total. The van der Waals surface area contributed by atoms with Crippen molar-refractivity contribution in [2.75, 3.05) is 53.4 Å². The first-order valence-corrected chi connectivity index (χ1v) is 10.7. The van der Waals surface area contributed by atoms with E-state index in [9.17, 15) is 4.39 Å². The van der Waals surface area contributed by atoms with Gasteiger partial charge in [-0.05, 0) is 77.0 Å². The van der Waals surface area contributed by atoms with Crippen molar-refractivity contribution in [3.63, 3.8) is 0 Å². The van der Waals surface area contributed by atoms with Crippen molar-refractivity contribution in [3.8, 4) is 0 Å². The van der Waals surface area contributed by atoms with Crippen LogP contribution in [0.4, 0.5) is 4.39 Å². The van der Waals surface area contributed by atoms with Gasteiger partial charge in [0.05, 0.1) is 6.54 Å². The van der Waals surface area contributed by atoms with Crippen LogP contribution >= 0.6 is 0 Å². The zero-order valence-electron chi connectivity index (χ0n) is 17.8. The smallest absolute Gasteiger partial charge is 0.194 e. The van der Waals surface area contributed by atoms with Crippen LogP contribution < -0.4 is 5.32 Å². The first kappa shape index (κ1) is 21.1. The van der Waals surface area contributed by atoms with Crippen molar-refractivity contribution >= 4 is 5.96 Å². The molecule has 1 N–H and O–H groups in total. The summed E-state index contributed by atoms with van der Waals surface area (Å²) in [6, 6.07) is 5.36. The lowest BCUT2D eigenvalue weighted by molar-refractivity contribution is 0.281. The van der Waals surface area contributed by atoms with Crippen LogP contribution in [0.25, 0.3) is 0 Å². The Morgan fingerprint density at radius 2 is 2.04 bits per heavy atom. The minimum absolute atomic E-state index is 0.141. The average Bonchev–Trinajstić information content (AvgIpc) is 3.33. The SMILES string of the molecule is CCNC(=NCc1ccc(F)c(CN(C)C)c1)N1CCC(CN2CCCC2)C1. The molecule has 2 heterocycles. The van der Waals surface area contributed by atoms with E-state index in [1.807, 2.05) is 31.1 Å². The summed E-state index contributed by atoms with van der Waals surface area (Å²) in [5.41, 5.74) is 1.79. The molecule has 156 valence electrons.